The third-order valence-corrected chi connectivity index (χ3v) is 3.91. The van der Waals surface area contributed by atoms with Crippen LogP contribution in [0.1, 0.15) is 63.9 Å². The number of benzene rings is 1. The molecule has 2 amide bonds. The number of carbonyl (C=O) groups excluding carboxylic acids is 2. The van der Waals surface area contributed by atoms with E-state index in [9.17, 15) is 9.59 Å². The summed E-state index contributed by atoms with van der Waals surface area (Å²) in [6.07, 6.45) is 8.91. The van der Waals surface area contributed by atoms with Gasteiger partial charge in [0, 0.05) is 6.42 Å². The van der Waals surface area contributed by atoms with Crippen molar-refractivity contribution in [1.82, 2.24) is 5.32 Å². The molecular weight excluding hydrogens is 288 g/mol. The molecule has 0 heterocycles. The van der Waals surface area contributed by atoms with Gasteiger partial charge in [-0.25, -0.2) is 0 Å². The van der Waals surface area contributed by atoms with E-state index in [4.69, 9.17) is 5.73 Å². The molecule has 4 heteroatoms. The number of hydrogen-bond acceptors (Lipinski definition) is 3. The fourth-order valence-electron chi connectivity index (χ4n) is 2.50. The number of nitrogens with one attached hydrogen (secondary N) is 1. The van der Waals surface area contributed by atoms with Crippen molar-refractivity contribution in [1.29, 1.82) is 0 Å². The first-order valence-corrected chi connectivity index (χ1v) is 8.76. The lowest BCUT2D eigenvalue weighted by Gasteiger charge is -2.11. The Morgan fingerprint density at radius 1 is 1.00 bits per heavy atom. The van der Waals surface area contributed by atoms with E-state index in [1.54, 1.807) is 0 Å². The summed E-state index contributed by atoms with van der Waals surface area (Å²) >= 11 is 0. The molecule has 128 valence electrons. The number of amides is 2. The van der Waals surface area contributed by atoms with Gasteiger partial charge in [0.05, 0.1) is 6.04 Å². The minimum absolute atomic E-state index is 0.216. The summed E-state index contributed by atoms with van der Waals surface area (Å²) in [6, 6.07) is 8.90. The first kappa shape index (κ1) is 19.4. The van der Waals surface area contributed by atoms with Crippen LogP contribution in [0.4, 0.5) is 0 Å². The highest BCUT2D eigenvalue weighted by molar-refractivity contribution is 5.97. The number of unbranched alkanes of at least 4 members (excludes halogenated alkanes) is 6. The van der Waals surface area contributed by atoms with E-state index < -0.39 is 6.04 Å². The first-order valence-electron chi connectivity index (χ1n) is 8.76. The van der Waals surface area contributed by atoms with Gasteiger partial charge in [-0.15, -0.1) is 0 Å². The van der Waals surface area contributed by atoms with Crippen LogP contribution in [0.5, 0.6) is 0 Å². The lowest BCUT2D eigenvalue weighted by Crippen LogP contribution is -2.44. The maximum atomic E-state index is 11.9. The number of hydrogen-bond donors (Lipinski definition) is 2. The standard InChI is InChI=1S/C19H30N2O2/c1-2-3-4-5-6-7-11-14-18(22)21-19(23)17(20)15-16-12-9-8-10-13-16/h8-10,12-13,17H,2-7,11,14-15,20H2,1H3,(H,21,22,23)/t17-/m0/s1. The van der Waals surface area contributed by atoms with E-state index in [0.717, 1.165) is 24.8 Å². The van der Waals surface area contributed by atoms with E-state index in [1.165, 1.54) is 25.7 Å². The molecule has 0 spiro atoms. The monoisotopic (exact) mass is 318 g/mol. The van der Waals surface area contributed by atoms with Crippen molar-refractivity contribution in [2.75, 3.05) is 0 Å². The molecule has 1 aromatic carbocycles. The van der Waals surface area contributed by atoms with Crippen molar-refractivity contribution >= 4 is 11.8 Å². The van der Waals surface area contributed by atoms with Gasteiger partial charge in [0.15, 0.2) is 0 Å². The zero-order valence-corrected chi connectivity index (χ0v) is 14.2. The summed E-state index contributed by atoms with van der Waals surface area (Å²) in [5.74, 6) is -0.603. The fraction of sp³-hybridized carbons (Fsp3) is 0.579. The lowest BCUT2D eigenvalue weighted by atomic mass is 10.1. The summed E-state index contributed by atoms with van der Waals surface area (Å²) < 4.78 is 0. The quantitative estimate of drug-likeness (QED) is 0.615. The van der Waals surface area contributed by atoms with Crippen molar-refractivity contribution in [3.05, 3.63) is 35.9 Å². The molecule has 3 N–H and O–H groups in total. The highest BCUT2D eigenvalue weighted by Gasteiger charge is 2.16. The molecule has 0 aliphatic carbocycles. The molecule has 0 unspecified atom stereocenters. The number of carbonyl (C=O) groups is 2. The van der Waals surface area contributed by atoms with Crippen LogP contribution in [0, 0.1) is 0 Å². The average Bonchev–Trinajstić information content (AvgIpc) is 2.55. The Morgan fingerprint density at radius 2 is 1.61 bits per heavy atom. The Morgan fingerprint density at radius 3 is 2.26 bits per heavy atom. The van der Waals surface area contributed by atoms with Gasteiger partial charge in [-0.1, -0.05) is 75.8 Å². The molecule has 0 aliphatic heterocycles. The molecule has 1 rings (SSSR count). The molecule has 1 aromatic rings. The minimum Gasteiger partial charge on any atom is -0.320 e. The van der Waals surface area contributed by atoms with Crippen LogP contribution in [0.25, 0.3) is 0 Å². The van der Waals surface area contributed by atoms with E-state index >= 15 is 0 Å². The SMILES string of the molecule is CCCCCCCCCC(=O)NC(=O)[C@@H](N)Cc1ccccc1. The van der Waals surface area contributed by atoms with Crippen molar-refractivity contribution < 1.29 is 9.59 Å². The van der Waals surface area contributed by atoms with Crippen LogP contribution in [-0.2, 0) is 16.0 Å². The highest BCUT2D eigenvalue weighted by Crippen LogP contribution is 2.08. The van der Waals surface area contributed by atoms with Gasteiger partial charge in [-0.05, 0) is 18.4 Å². The second-order valence-electron chi connectivity index (χ2n) is 6.08. The maximum absolute atomic E-state index is 11.9. The van der Waals surface area contributed by atoms with E-state index in [0.29, 0.717) is 12.8 Å². The van der Waals surface area contributed by atoms with Gasteiger partial charge >= 0.3 is 0 Å². The van der Waals surface area contributed by atoms with Gasteiger partial charge < -0.3 is 5.73 Å². The Hall–Kier alpha value is -1.68. The van der Waals surface area contributed by atoms with Crippen LogP contribution < -0.4 is 11.1 Å². The molecule has 0 fully saturated rings. The Balaban J connectivity index is 2.14. The van der Waals surface area contributed by atoms with Crippen LogP contribution in [0.15, 0.2) is 30.3 Å². The zero-order valence-electron chi connectivity index (χ0n) is 14.2. The molecule has 23 heavy (non-hydrogen) atoms. The first-order chi connectivity index (χ1) is 11.1. The van der Waals surface area contributed by atoms with Gasteiger partial charge in [-0.2, -0.15) is 0 Å². The average molecular weight is 318 g/mol. The maximum Gasteiger partial charge on any atom is 0.243 e. The smallest absolute Gasteiger partial charge is 0.243 e. The summed E-state index contributed by atoms with van der Waals surface area (Å²) in [5.41, 5.74) is 6.85. The van der Waals surface area contributed by atoms with Gasteiger partial charge in [-0.3, -0.25) is 14.9 Å². The molecule has 0 aliphatic rings. The zero-order chi connectivity index (χ0) is 16.9. The molecule has 0 bridgehead atoms. The minimum atomic E-state index is -0.685. The third kappa shape index (κ3) is 9.14. The molecule has 1 atom stereocenters. The third-order valence-electron chi connectivity index (χ3n) is 3.91. The van der Waals surface area contributed by atoms with Gasteiger partial charge in [0.1, 0.15) is 0 Å². The normalized spacial score (nSPS) is 11.9. The predicted molar refractivity (Wildman–Crippen MR) is 93.9 cm³/mol. The molecule has 0 radical (unpaired) electrons. The van der Waals surface area contributed by atoms with Crippen LogP contribution >= 0.6 is 0 Å². The van der Waals surface area contributed by atoms with E-state index in [-0.39, 0.29) is 11.8 Å². The largest absolute Gasteiger partial charge is 0.320 e. The van der Waals surface area contributed by atoms with Crippen LogP contribution in [0.3, 0.4) is 0 Å². The Kier molecular flexibility index (Phi) is 9.96. The highest BCUT2D eigenvalue weighted by atomic mass is 16.2. The number of imide groups is 1. The van der Waals surface area contributed by atoms with Crippen molar-refractivity contribution in [2.45, 2.75) is 70.8 Å². The molecule has 0 saturated heterocycles. The van der Waals surface area contributed by atoms with Gasteiger partial charge in [0.2, 0.25) is 11.8 Å². The predicted octanol–water partition coefficient (Wildman–Crippen LogP) is 3.34. The second-order valence-corrected chi connectivity index (χ2v) is 6.08. The molecule has 0 aromatic heterocycles. The van der Waals surface area contributed by atoms with Gasteiger partial charge in [0.25, 0.3) is 0 Å². The van der Waals surface area contributed by atoms with E-state index in [2.05, 4.69) is 12.2 Å². The summed E-state index contributed by atoms with van der Waals surface area (Å²) in [6.45, 7) is 2.20. The Bertz CT molecular complexity index is 460. The summed E-state index contributed by atoms with van der Waals surface area (Å²) in [5, 5.41) is 2.41. The van der Waals surface area contributed by atoms with Crippen molar-refractivity contribution in [3.63, 3.8) is 0 Å². The Labute approximate surface area is 139 Å². The number of rotatable bonds is 11. The molecule has 0 saturated carbocycles. The molecular formula is C19H30N2O2. The van der Waals surface area contributed by atoms with Crippen LogP contribution in [-0.4, -0.2) is 17.9 Å². The number of nitrogens with two attached hydrogens (primary N) is 1. The summed E-state index contributed by atoms with van der Waals surface area (Å²) in [7, 11) is 0. The van der Waals surface area contributed by atoms with Crippen molar-refractivity contribution in [3.8, 4) is 0 Å². The topological polar surface area (TPSA) is 72.2 Å². The lowest BCUT2D eigenvalue weighted by molar-refractivity contribution is -0.131. The second kappa shape index (κ2) is 11.8. The summed E-state index contributed by atoms with van der Waals surface area (Å²) in [4.78, 5) is 23.7. The van der Waals surface area contributed by atoms with Crippen LogP contribution in [0.2, 0.25) is 0 Å². The molecule has 4 nitrogen and oxygen atoms in total. The fourth-order valence-corrected chi connectivity index (χ4v) is 2.50. The van der Waals surface area contributed by atoms with Crippen molar-refractivity contribution in [2.24, 2.45) is 5.73 Å². The van der Waals surface area contributed by atoms with E-state index in [1.807, 2.05) is 30.3 Å².